The first-order valence-corrected chi connectivity index (χ1v) is 9.01. The van der Waals surface area contributed by atoms with Gasteiger partial charge in [-0.1, -0.05) is 18.5 Å². The number of rotatable bonds is 4. The van der Waals surface area contributed by atoms with Crippen molar-refractivity contribution in [1.29, 1.82) is 0 Å². The minimum absolute atomic E-state index is 0.0403. The Kier molecular flexibility index (Phi) is 5.12. The monoisotopic (exact) mass is 369 g/mol. The average Bonchev–Trinajstić information content (AvgIpc) is 2.52. The first kappa shape index (κ1) is 18.2. The van der Waals surface area contributed by atoms with E-state index < -0.39 is 21.3 Å². The van der Waals surface area contributed by atoms with Crippen molar-refractivity contribution in [2.75, 3.05) is 10.8 Å². The van der Waals surface area contributed by atoms with E-state index in [9.17, 15) is 18.0 Å². The number of carbonyl (C=O) groups is 1. The lowest BCUT2D eigenvalue weighted by Crippen LogP contribution is -2.39. The lowest BCUT2D eigenvalue weighted by molar-refractivity contribution is 0.0986. The Balaban J connectivity index is 2.57. The van der Waals surface area contributed by atoms with Gasteiger partial charge in [-0.05, 0) is 31.2 Å². The molecule has 0 fully saturated rings. The smallest absolute Gasteiger partial charge is 0.272 e. The number of aromatic nitrogens is 1. The molecule has 0 aliphatic carbocycles. The zero-order valence-corrected chi connectivity index (χ0v) is 14.6. The number of nitrogens with one attached hydrogen (secondary N) is 1. The number of hydrogen-bond acceptors (Lipinski definition) is 5. The molecule has 0 aliphatic heterocycles. The first-order valence-electron chi connectivity index (χ1n) is 6.98. The highest BCUT2D eigenvalue weighted by Gasteiger charge is 2.24. The van der Waals surface area contributed by atoms with Crippen LogP contribution < -0.4 is 16.4 Å². The van der Waals surface area contributed by atoms with Crippen molar-refractivity contribution >= 4 is 33.0 Å². The number of carbonyl (C=O) groups excluding carboxylic acids is 1. The zero-order chi connectivity index (χ0) is 18.1. The molecule has 2 rings (SSSR count). The third-order valence-corrected chi connectivity index (χ3v) is 5.35. The second kappa shape index (κ2) is 6.76. The predicted octanol–water partition coefficient (Wildman–Crippen LogP) is 1.65. The maximum Gasteiger partial charge on any atom is 0.272 e. The highest BCUT2D eigenvalue weighted by atomic mass is 35.5. The molecule has 9 heteroatoms. The molecule has 24 heavy (non-hydrogen) atoms. The Morgan fingerprint density at radius 2 is 1.96 bits per heavy atom. The fourth-order valence-electron chi connectivity index (χ4n) is 2.15. The van der Waals surface area contributed by atoms with Gasteiger partial charge < -0.3 is 4.98 Å². The third kappa shape index (κ3) is 3.66. The number of pyridine rings is 1. The fourth-order valence-corrected chi connectivity index (χ4v) is 3.38. The molecule has 128 valence electrons. The van der Waals surface area contributed by atoms with Gasteiger partial charge in [0.05, 0.1) is 16.3 Å². The van der Waals surface area contributed by atoms with E-state index in [1.165, 1.54) is 31.2 Å². The summed E-state index contributed by atoms with van der Waals surface area (Å²) in [5.74, 6) is 4.96. The Morgan fingerprint density at radius 1 is 1.29 bits per heavy atom. The maximum atomic E-state index is 12.5. The quantitative estimate of drug-likeness (QED) is 0.483. The van der Waals surface area contributed by atoms with Gasteiger partial charge in [-0.3, -0.25) is 9.59 Å². The fraction of sp³-hybridized carbons (Fsp3) is 0.200. The highest BCUT2D eigenvalue weighted by Crippen LogP contribution is 2.29. The number of sulfone groups is 1. The van der Waals surface area contributed by atoms with Crippen molar-refractivity contribution < 1.29 is 13.2 Å². The molecule has 0 aliphatic rings. The summed E-state index contributed by atoms with van der Waals surface area (Å²) in [6.45, 7) is 3.10. The molecule has 0 saturated carbocycles. The van der Waals surface area contributed by atoms with Crippen LogP contribution >= 0.6 is 11.6 Å². The molecular formula is C15H16ClN3O4S. The van der Waals surface area contributed by atoms with E-state index in [2.05, 4.69) is 4.98 Å². The highest BCUT2D eigenvalue weighted by molar-refractivity contribution is 7.91. The van der Waals surface area contributed by atoms with Crippen LogP contribution in [0.15, 0.2) is 40.0 Å². The minimum atomic E-state index is -3.62. The number of benzene rings is 1. The van der Waals surface area contributed by atoms with E-state index in [-0.39, 0.29) is 26.9 Å². The standard InChI is InChI=1S/C15H16ClN3O4S/c1-3-24(22,23)13-5-4-11(16)8-12(13)19(17)15(21)10-6-9(2)18-14(20)7-10/h4-8H,3,17H2,1-2H3,(H,18,20). The number of anilines is 1. The first-order chi connectivity index (χ1) is 11.2. The minimum Gasteiger partial charge on any atom is -0.326 e. The molecule has 0 bridgehead atoms. The molecule has 7 nitrogen and oxygen atoms in total. The van der Waals surface area contributed by atoms with Gasteiger partial charge in [0.25, 0.3) is 5.91 Å². The average molecular weight is 370 g/mol. The summed E-state index contributed by atoms with van der Waals surface area (Å²) < 4.78 is 24.4. The van der Waals surface area contributed by atoms with Gasteiger partial charge >= 0.3 is 0 Å². The third-order valence-electron chi connectivity index (χ3n) is 3.34. The van der Waals surface area contributed by atoms with Crippen molar-refractivity contribution in [2.24, 2.45) is 5.84 Å². The van der Waals surface area contributed by atoms with Crippen LogP contribution in [-0.4, -0.2) is 25.1 Å². The van der Waals surface area contributed by atoms with Crippen molar-refractivity contribution in [3.05, 3.63) is 57.0 Å². The topological polar surface area (TPSA) is 113 Å². The molecule has 1 aromatic carbocycles. The molecule has 0 atom stereocenters. The maximum absolute atomic E-state index is 12.5. The lowest BCUT2D eigenvalue weighted by Gasteiger charge is -2.20. The Labute approximate surface area is 143 Å². The summed E-state index contributed by atoms with van der Waals surface area (Å²) in [5, 5.41) is 0.910. The molecule has 3 N–H and O–H groups in total. The Hall–Kier alpha value is -2.16. The van der Waals surface area contributed by atoms with Crippen molar-refractivity contribution in [3.8, 4) is 0 Å². The van der Waals surface area contributed by atoms with E-state index in [4.69, 9.17) is 17.4 Å². The van der Waals surface area contributed by atoms with Gasteiger partial charge in [-0.15, -0.1) is 0 Å². The molecule has 0 saturated heterocycles. The second-order valence-corrected chi connectivity index (χ2v) is 7.79. The summed E-state index contributed by atoms with van der Waals surface area (Å²) in [6.07, 6.45) is 0. The number of hydrogen-bond donors (Lipinski definition) is 2. The van der Waals surface area contributed by atoms with Crippen molar-refractivity contribution in [1.82, 2.24) is 4.98 Å². The Morgan fingerprint density at radius 3 is 2.54 bits per heavy atom. The normalized spacial score (nSPS) is 11.3. The second-order valence-electron chi connectivity index (χ2n) is 5.11. The largest absolute Gasteiger partial charge is 0.326 e. The van der Waals surface area contributed by atoms with E-state index in [0.29, 0.717) is 10.7 Å². The van der Waals surface area contributed by atoms with Crippen LogP contribution in [0.1, 0.15) is 23.0 Å². The van der Waals surface area contributed by atoms with Crippen LogP contribution in [0.25, 0.3) is 0 Å². The summed E-state index contributed by atoms with van der Waals surface area (Å²) in [7, 11) is -3.62. The number of aryl methyl sites for hydroxylation is 1. The van der Waals surface area contributed by atoms with Crippen molar-refractivity contribution in [3.63, 3.8) is 0 Å². The van der Waals surface area contributed by atoms with Gasteiger partial charge in [-0.25, -0.2) is 19.3 Å². The van der Waals surface area contributed by atoms with E-state index in [0.717, 1.165) is 6.07 Å². The van der Waals surface area contributed by atoms with Crippen molar-refractivity contribution in [2.45, 2.75) is 18.7 Å². The lowest BCUT2D eigenvalue weighted by atomic mass is 10.2. The number of nitrogens with zero attached hydrogens (tertiary/aromatic N) is 1. The molecule has 0 spiro atoms. The number of H-pyrrole nitrogens is 1. The number of aromatic amines is 1. The number of halogens is 1. The van der Waals surface area contributed by atoms with Gasteiger partial charge in [0.1, 0.15) is 0 Å². The van der Waals surface area contributed by atoms with Gasteiger partial charge in [0.15, 0.2) is 9.84 Å². The number of amides is 1. The van der Waals surface area contributed by atoms with Crippen LogP contribution in [0.3, 0.4) is 0 Å². The SMILES string of the molecule is CCS(=O)(=O)c1ccc(Cl)cc1N(N)C(=O)c1cc(C)[nH]c(=O)c1. The molecule has 0 unspecified atom stereocenters. The summed E-state index contributed by atoms with van der Waals surface area (Å²) in [5.41, 5.74) is 0.0110. The Bertz CT molecular complexity index is 953. The van der Waals surface area contributed by atoms with E-state index in [1.54, 1.807) is 6.92 Å². The van der Waals surface area contributed by atoms with Gasteiger partial charge in [0, 0.05) is 22.3 Å². The van der Waals surface area contributed by atoms with Crippen LogP contribution in [0.2, 0.25) is 5.02 Å². The van der Waals surface area contributed by atoms with E-state index in [1.807, 2.05) is 0 Å². The molecule has 2 aromatic rings. The summed E-state index contributed by atoms with van der Waals surface area (Å²) >= 11 is 5.91. The molecule has 1 aromatic heterocycles. The zero-order valence-electron chi connectivity index (χ0n) is 13.0. The molecular weight excluding hydrogens is 354 g/mol. The van der Waals surface area contributed by atoms with Gasteiger partial charge in [0.2, 0.25) is 5.56 Å². The molecule has 1 amide bonds. The van der Waals surface area contributed by atoms with Crippen LogP contribution in [0.5, 0.6) is 0 Å². The summed E-state index contributed by atoms with van der Waals surface area (Å²) in [4.78, 5) is 26.5. The number of hydrazine groups is 1. The molecule has 0 radical (unpaired) electrons. The van der Waals surface area contributed by atoms with Crippen LogP contribution in [-0.2, 0) is 9.84 Å². The predicted molar refractivity (Wildman–Crippen MR) is 92.0 cm³/mol. The van der Waals surface area contributed by atoms with Crippen LogP contribution in [0, 0.1) is 6.92 Å². The summed E-state index contributed by atoms with van der Waals surface area (Å²) in [6, 6.07) is 6.54. The van der Waals surface area contributed by atoms with Gasteiger partial charge in [-0.2, -0.15) is 0 Å². The number of nitrogens with two attached hydrogens (primary N) is 1. The van der Waals surface area contributed by atoms with Crippen LogP contribution in [0.4, 0.5) is 5.69 Å². The van der Waals surface area contributed by atoms with E-state index >= 15 is 0 Å². The molecule has 1 heterocycles.